The van der Waals surface area contributed by atoms with Crippen LogP contribution in [0.2, 0.25) is 0 Å². The molecule has 0 spiro atoms. The fourth-order valence-electron chi connectivity index (χ4n) is 2.33. The molecular weight excluding hydrogens is 308 g/mol. The quantitative estimate of drug-likeness (QED) is 0.523. The summed E-state index contributed by atoms with van der Waals surface area (Å²) in [4.78, 5) is 51.2. The maximum atomic E-state index is 12.3. The maximum absolute atomic E-state index is 12.3. The topological polar surface area (TPSA) is 134 Å². The lowest BCUT2D eigenvalue weighted by molar-refractivity contribution is -0.158. The zero-order valence-electron chi connectivity index (χ0n) is 13.2. The smallest absolute Gasteiger partial charge is 0.336 e. The van der Waals surface area contributed by atoms with Gasteiger partial charge in [0.25, 0.3) is 5.91 Å². The highest BCUT2D eigenvalue weighted by Gasteiger charge is 2.46. The van der Waals surface area contributed by atoms with Gasteiger partial charge >= 0.3 is 17.9 Å². The van der Waals surface area contributed by atoms with Crippen LogP contribution < -0.4 is 5.73 Å². The summed E-state index contributed by atoms with van der Waals surface area (Å²) >= 11 is 0. The summed E-state index contributed by atoms with van der Waals surface area (Å²) < 4.78 is 14.1. The van der Waals surface area contributed by atoms with Crippen molar-refractivity contribution in [1.82, 2.24) is 0 Å². The Hall–Kier alpha value is -2.71. The normalized spacial score (nSPS) is 20.4. The number of methoxy groups -OCH3 is 2. The molecule has 23 heavy (non-hydrogen) atoms. The third-order valence-electron chi connectivity index (χ3n) is 3.30. The Labute approximate surface area is 132 Å². The molecule has 0 fully saturated rings. The molecule has 0 aromatic rings. The van der Waals surface area contributed by atoms with Gasteiger partial charge in [-0.25, -0.2) is 4.79 Å². The van der Waals surface area contributed by atoms with Gasteiger partial charge in [0.1, 0.15) is 11.8 Å². The molecule has 1 unspecified atom stereocenters. The number of amides is 1. The van der Waals surface area contributed by atoms with Crippen LogP contribution >= 0.6 is 0 Å². The highest BCUT2D eigenvalue weighted by molar-refractivity contribution is 6.10. The molecule has 0 radical (unpaired) electrons. The van der Waals surface area contributed by atoms with Gasteiger partial charge in [0.05, 0.1) is 19.8 Å². The highest BCUT2D eigenvalue weighted by Crippen LogP contribution is 2.33. The summed E-state index contributed by atoms with van der Waals surface area (Å²) in [6, 6.07) is 0. The first-order valence-corrected chi connectivity index (χ1v) is 6.61. The first-order chi connectivity index (χ1) is 10.7. The molecule has 0 aromatic carbocycles. The standard InChI is InChI=1S/C14H18N2O7/c1-6-9(12(18)21-3)11(14(20)23-5-8(15)17)10(7(2)16-6)13(19)22-4/h9,11H,5H2,1-4H3,(H2,15,17)/t9?,11-/m0/s1. The first-order valence-electron chi connectivity index (χ1n) is 6.61. The molecule has 1 aliphatic rings. The molecule has 0 aliphatic carbocycles. The summed E-state index contributed by atoms with van der Waals surface area (Å²) in [5.74, 6) is -5.90. The number of nitrogens with zero attached hydrogens (tertiary/aromatic N) is 1. The number of hydrogen-bond donors (Lipinski definition) is 1. The van der Waals surface area contributed by atoms with Gasteiger partial charge in [0.15, 0.2) is 6.61 Å². The van der Waals surface area contributed by atoms with Crippen molar-refractivity contribution in [3.8, 4) is 0 Å². The molecule has 1 aliphatic heterocycles. The number of rotatable bonds is 5. The molecule has 0 saturated carbocycles. The predicted octanol–water partition coefficient (Wildman–Crippen LogP) is -0.658. The predicted molar refractivity (Wildman–Crippen MR) is 77.0 cm³/mol. The summed E-state index contributed by atoms with van der Waals surface area (Å²) in [6.07, 6.45) is 0. The lowest BCUT2D eigenvalue weighted by Gasteiger charge is -2.28. The van der Waals surface area contributed by atoms with Crippen LogP contribution in [0.3, 0.4) is 0 Å². The fraction of sp³-hybridized carbons (Fsp3) is 0.500. The number of carbonyl (C=O) groups is 4. The molecule has 2 N–H and O–H groups in total. The van der Waals surface area contributed by atoms with E-state index in [1.54, 1.807) is 0 Å². The van der Waals surface area contributed by atoms with E-state index in [0.29, 0.717) is 0 Å². The van der Waals surface area contributed by atoms with Gasteiger partial charge in [-0.2, -0.15) is 0 Å². The highest BCUT2D eigenvalue weighted by atomic mass is 16.5. The van der Waals surface area contributed by atoms with Crippen LogP contribution in [0.5, 0.6) is 0 Å². The Balaban J connectivity index is 3.34. The van der Waals surface area contributed by atoms with Crippen LogP contribution in [-0.4, -0.2) is 50.4 Å². The fourth-order valence-corrected chi connectivity index (χ4v) is 2.33. The Morgan fingerprint density at radius 2 is 1.65 bits per heavy atom. The minimum Gasteiger partial charge on any atom is -0.468 e. The minimum absolute atomic E-state index is 0.122. The summed E-state index contributed by atoms with van der Waals surface area (Å²) in [6.45, 7) is 2.35. The van der Waals surface area contributed by atoms with E-state index in [-0.39, 0.29) is 17.0 Å². The van der Waals surface area contributed by atoms with Gasteiger partial charge in [-0.1, -0.05) is 0 Å². The van der Waals surface area contributed by atoms with Crippen molar-refractivity contribution < 1.29 is 33.4 Å². The van der Waals surface area contributed by atoms with Gasteiger partial charge in [0.2, 0.25) is 0 Å². The maximum Gasteiger partial charge on any atom is 0.336 e. The number of esters is 3. The summed E-state index contributed by atoms with van der Waals surface area (Å²) in [7, 11) is 2.27. The van der Waals surface area contributed by atoms with Gasteiger partial charge in [-0.15, -0.1) is 0 Å². The molecule has 126 valence electrons. The average molecular weight is 326 g/mol. The first kappa shape index (κ1) is 18.3. The number of ether oxygens (including phenoxy) is 3. The van der Waals surface area contributed by atoms with Gasteiger partial charge in [0, 0.05) is 11.4 Å². The van der Waals surface area contributed by atoms with E-state index in [0.717, 1.165) is 14.2 Å². The van der Waals surface area contributed by atoms with Crippen molar-refractivity contribution >= 4 is 29.5 Å². The Bertz CT molecular complexity index is 606. The van der Waals surface area contributed by atoms with Crippen molar-refractivity contribution in [3.63, 3.8) is 0 Å². The average Bonchev–Trinajstić information content (AvgIpc) is 2.50. The number of aliphatic imine (C=N–C) groups is 1. The van der Waals surface area contributed by atoms with Crippen LogP contribution in [0.1, 0.15) is 13.8 Å². The van der Waals surface area contributed by atoms with E-state index in [2.05, 4.69) is 14.5 Å². The molecule has 9 nitrogen and oxygen atoms in total. The third kappa shape index (κ3) is 3.93. The number of carbonyl (C=O) groups excluding carboxylic acids is 4. The lowest BCUT2D eigenvalue weighted by Crippen LogP contribution is -2.42. The lowest BCUT2D eigenvalue weighted by atomic mass is 9.80. The zero-order chi connectivity index (χ0) is 17.7. The summed E-state index contributed by atoms with van der Waals surface area (Å²) in [5.41, 5.74) is 5.31. The van der Waals surface area contributed by atoms with Crippen molar-refractivity contribution in [2.24, 2.45) is 22.6 Å². The SMILES string of the molecule is COC(=O)C1=C(C)N=C(C)C(C(=O)OC)[C@@H]1C(=O)OCC(N)=O. The van der Waals surface area contributed by atoms with Gasteiger partial charge in [-0.05, 0) is 13.8 Å². The molecular formula is C14H18N2O7. The van der Waals surface area contributed by atoms with E-state index in [1.165, 1.54) is 13.8 Å². The van der Waals surface area contributed by atoms with Crippen LogP contribution in [0, 0.1) is 11.8 Å². The number of nitrogens with two attached hydrogens (primary N) is 1. The number of allylic oxidation sites excluding steroid dienone is 1. The monoisotopic (exact) mass is 326 g/mol. The van der Waals surface area contributed by atoms with Crippen LogP contribution in [-0.2, 0) is 33.4 Å². The largest absolute Gasteiger partial charge is 0.468 e. The Kier molecular flexibility index (Phi) is 6.00. The molecule has 2 atom stereocenters. The molecule has 0 saturated heterocycles. The number of hydrogen-bond acceptors (Lipinski definition) is 8. The molecule has 9 heteroatoms. The Morgan fingerprint density at radius 3 is 2.13 bits per heavy atom. The van der Waals surface area contributed by atoms with E-state index >= 15 is 0 Å². The van der Waals surface area contributed by atoms with Crippen LogP contribution in [0.25, 0.3) is 0 Å². The van der Waals surface area contributed by atoms with Crippen molar-refractivity contribution in [2.75, 3.05) is 20.8 Å². The van der Waals surface area contributed by atoms with Crippen LogP contribution in [0.15, 0.2) is 16.3 Å². The zero-order valence-corrected chi connectivity index (χ0v) is 13.2. The molecule has 1 amide bonds. The van der Waals surface area contributed by atoms with E-state index < -0.39 is 42.3 Å². The van der Waals surface area contributed by atoms with E-state index in [9.17, 15) is 19.2 Å². The van der Waals surface area contributed by atoms with Crippen molar-refractivity contribution in [1.29, 1.82) is 0 Å². The Morgan fingerprint density at radius 1 is 1.04 bits per heavy atom. The molecule has 0 aromatic heterocycles. The van der Waals surface area contributed by atoms with Crippen molar-refractivity contribution in [3.05, 3.63) is 11.3 Å². The van der Waals surface area contributed by atoms with Gasteiger partial charge < -0.3 is 19.9 Å². The second kappa shape index (κ2) is 7.52. The minimum atomic E-state index is -1.33. The van der Waals surface area contributed by atoms with Crippen molar-refractivity contribution in [2.45, 2.75) is 13.8 Å². The third-order valence-corrected chi connectivity index (χ3v) is 3.30. The van der Waals surface area contributed by atoms with Crippen LogP contribution in [0.4, 0.5) is 0 Å². The molecule has 0 bridgehead atoms. The number of primary amides is 1. The van der Waals surface area contributed by atoms with E-state index in [4.69, 9.17) is 10.5 Å². The molecule has 1 heterocycles. The molecule has 1 rings (SSSR count). The van der Waals surface area contributed by atoms with E-state index in [1.807, 2.05) is 0 Å². The van der Waals surface area contributed by atoms with Gasteiger partial charge in [-0.3, -0.25) is 19.4 Å². The second-order valence-corrected chi connectivity index (χ2v) is 4.80. The second-order valence-electron chi connectivity index (χ2n) is 4.80. The summed E-state index contributed by atoms with van der Waals surface area (Å²) in [5, 5.41) is 0.